The van der Waals surface area contributed by atoms with Crippen LogP contribution in [-0.4, -0.2) is 63.5 Å². The average molecular weight is 484 g/mol. The van der Waals surface area contributed by atoms with Crippen molar-refractivity contribution in [1.82, 2.24) is 25.1 Å². The summed E-state index contributed by atoms with van der Waals surface area (Å²) in [6, 6.07) is 5.82. The van der Waals surface area contributed by atoms with Crippen LogP contribution >= 0.6 is 11.6 Å². The van der Waals surface area contributed by atoms with E-state index in [1.807, 2.05) is 30.7 Å². The van der Waals surface area contributed by atoms with Crippen molar-refractivity contribution in [1.29, 1.82) is 0 Å². The molecule has 3 aromatic rings. The predicted octanol–water partition coefficient (Wildman–Crippen LogP) is 2.34. The van der Waals surface area contributed by atoms with Crippen LogP contribution in [0.15, 0.2) is 24.4 Å². The summed E-state index contributed by atoms with van der Waals surface area (Å²) in [5.41, 5.74) is 9.11. The molecule has 3 atom stereocenters. The second-order valence-corrected chi connectivity index (χ2v) is 9.83. The van der Waals surface area contributed by atoms with Crippen LogP contribution in [0.5, 0.6) is 0 Å². The number of aryl methyl sites for hydroxylation is 2. The molecule has 3 aromatic heterocycles. The molecule has 0 radical (unpaired) electrons. The molecule has 1 fully saturated rings. The lowest BCUT2D eigenvalue weighted by atomic mass is 9.91. The van der Waals surface area contributed by atoms with Gasteiger partial charge in [0.1, 0.15) is 5.82 Å². The number of nitrogens with one attached hydrogen (secondary N) is 1. The van der Waals surface area contributed by atoms with Crippen molar-refractivity contribution in [2.24, 2.45) is 5.73 Å². The highest BCUT2D eigenvalue weighted by molar-refractivity contribution is 6.35. The summed E-state index contributed by atoms with van der Waals surface area (Å²) in [4.78, 5) is 20.0. The Morgan fingerprint density at radius 2 is 2.21 bits per heavy atom. The zero-order valence-corrected chi connectivity index (χ0v) is 20.5. The molecule has 3 N–H and O–H groups in total. The van der Waals surface area contributed by atoms with Crippen LogP contribution < -0.4 is 16.0 Å². The third-order valence-electron chi connectivity index (χ3n) is 7.23. The van der Waals surface area contributed by atoms with E-state index in [0.717, 1.165) is 48.3 Å². The molecule has 1 aliphatic carbocycles. The number of halogens is 1. The second kappa shape index (κ2) is 8.79. The molecule has 0 saturated carbocycles. The third kappa shape index (κ3) is 4.01. The van der Waals surface area contributed by atoms with Gasteiger partial charge in [0.05, 0.1) is 16.7 Å². The van der Waals surface area contributed by atoms with Gasteiger partial charge >= 0.3 is 0 Å². The summed E-state index contributed by atoms with van der Waals surface area (Å²) in [6.45, 7) is 6.21. The number of carbonyl (C=O) groups excluding carboxylic acids is 1. The highest BCUT2D eigenvalue weighted by Crippen LogP contribution is 2.30. The number of methoxy groups -OCH3 is 1. The van der Waals surface area contributed by atoms with Crippen LogP contribution in [0.2, 0.25) is 5.02 Å². The molecule has 0 spiro atoms. The molecule has 1 saturated heterocycles. The van der Waals surface area contributed by atoms with Gasteiger partial charge in [0.15, 0.2) is 11.3 Å². The van der Waals surface area contributed by atoms with Crippen molar-refractivity contribution < 1.29 is 9.53 Å². The first kappa shape index (κ1) is 23.0. The first-order valence-electron chi connectivity index (χ1n) is 11.7. The molecule has 5 rings (SSSR count). The molecule has 2 aliphatic rings. The molecule has 34 heavy (non-hydrogen) atoms. The van der Waals surface area contributed by atoms with Crippen molar-refractivity contribution in [2.75, 3.05) is 25.1 Å². The molecular weight excluding hydrogens is 454 g/mol. The van der Waals surface area contributed by atoms with E-state index >= 15 is 0 Å². The molecule has 180 valence electrons. The zero-order valence-electron chi connectivity index (χ0n) is 19.7. The number of nitrogens with two attached hydrogens (primary N) is 1. The number of ether oxygens (including phenoxy) is 1. The van der Waals surface area contributed by atoms with Gasteiger partial charge in [-0.05, 0) is 50.8 Å². The Bertz CT molecular complexity index is 1250. The SMILES string of the molecule is CCn1cc(Cl)c2cc(C(=O)NC3CCc4nc(N5CC(N)C(C)(OC)C5)ccc4C3)nnc21. The summed E-state index contributed by atoms with van der Waals surface area (Å²) in [5.74, 6) is 0.689. The van der Waals surface area contributed by atoms with E-state index in [-0.39, 0.29) is 29.3 Å². The number of fused-ring (bicyclic) bond motifs is 2. The molecule has 10 heteroatoms. The Balaban J connectivity index is 1.27. The van der Waals surface area contributed by atoms with Crippen molar-refractivity contribution in [3.8, 4) is 0 Å². The Morgan fingerprint density at radius 1 is 1.38 bits per heavy atom. The first-order valence-corrected chi connectivity index (χ1v) is 12.1. The lowest BCUT2D eigenvalue weighted by molar-refractivity contribution is 0.0129. The summed E-state index contributed by atoms with van der Waals surface area (Å²) in [6.07, 6.45) is 4.15. The maximum atomic E-state index is 12.9. The maximum absolute atomic E-state index is 12.9. The lowest BCUT2D eigenvalue weighted by Gasteiger charge is -2.27. The van der Waals surface area contributed by atoms with E-state index < -0.39 is 0 Å². The minimum Gasteiger partial charge on any atom is -0.375 e. The minimum absolute atomic E-state index is 0.0119. The molecule has 4 heterocycles. The van der Waals surface area contributed by atoms with Gasteiger partial charge in [0.25, 0.3) is 5.91 Å². The van der Waals surface area contributed by atoms with Crippen LogP contribution in [0.3, 0.4) is 0 Å². The quantitative estimate of drug-likeness (QED) is 0.572. The van der Waals surface area contributed by atoms with E-state index in [0.29, 0.717) is 23.8 Å². The Morgan fingerprint density at radius 3 is 2.94 bits per heavy atom. The van der Waals surface area contributed by atoms with Crippen molar-refractivity contribution in [3.63, 3.8) is 0 Å². The highest BCUT2D eigenvalue weighted by Gasteiger charge is 2.41. The number of aromatic nitrogens is 4. The monoisotopic (exact) mass is 483 g/mol. The number of hydrogen-bond acceptors (Lipinski definition) is 7. The fraction of sp³-hybridized carbons (Fsp3) is 0.500. The van der Waals surface area contributed by atoms with Crippen LogP contribution in [0.25, 0.3) is 11.0 Å². The van der Waals surface area contributed by atoms with E-state index in [9.17, 15) is 4.79 Å². The van der Waals surface area contributed by atoms with Crippen LogP contribution in [-0.2, 0) is 24.1 Å². The van der Waals surface area contributed by atoms with Gasteiger partial charge in [-0.15, -0.1) is 10.2 Å². The smallest absolute Gasteiger partial charge is 0.272 e. The standard InChI is InChI=1S/C24H30ClN7O2/c1-4-31-11-17(25)16-10-19(29-30-22(16)31)23(33)27-15-6-7-18-14(9-15)5-8-21(28-18)32-12-20(26)24(2,13-32)34-3/h5,8,10-11,15,20H,4,6-7,9,12-13,26H2,1-3H3,(H,27,33). The summed E-state index contributed by atoms with van der Waals surface area (Å²) < 4.78 is 7.56. The Hall–Kier alpha value is -2.75. The van der Waals surface area contributed by atoms with Crippen molar-refractivity contribution in [2.45, 2.75) is 57.3 Å². The van der Waals surface area contributed by atoms with Gasteiger partial charge in [0, 0.05) is 50.1 Å². The number of rotatable bonds is 5. The maximum Gasteiger partial charge on any atom is 0.272 e. The van der Waals surface area contributed by atoms with Gasteiger partial charge < -0.3 is 25.3 Å². The number of carbonyl (C=O) groups is 1. The fourth-order valence-corrected chi connectivity index (χ4v) is 5.19. The molecule has 0 bridgehead atoms. The normalized spacial score (nSPS) is 24.4. The Labute approximate surface area is 203 Å². The largest absolute Gasteiger partial charge is 0.375 e. The predicted molar refractivity (Wildman–Crippen MR) is 131 cm³/mol. The Kier molecular flexibility index (Phi) is 5.95. The van der Waals surface area contributed by atoms with E-state index in [1.165, 1.54) is 0 Å². The minimum atomic E-state index is -0.373. The van der Waals surface area contributed by atoms with Gasteiger partial charge in [-0.1, -0.05) is 17.7 Å². The molecule has 9 nitrogen and oxygen atoms in total. The molecule has 0 aromatic carbocycles. The lowest BCUT2D eigenvalue weighted by Crippen LogP contribution is -2.45. The average Bonchev–Trinajstić information content (AvgIpc) is 3.34. The molecule has 1 aliphatic heterocycles. The van der Waals surface area contributed by atoms with Crippen LogP contribution in [0.4, 0.5) is 5.82 Å². The van der Waals surface area contributed by atoms with Crippen LogP contribution in [0, 0.1) is 0 Å². The van der Waals surface area contributed by atoms with Gasteiger partial charge in [-0.25, -0.2) is 4.98 Å². The summed E-state index contributed by atoms with van der Waals surface area (Å²) in [5, 5.41) is 12.8. The number of hydrogen-bond donors (Lipinski definition) is 2. The molecule has 3 unspecified atom stereocenters. The van der Waals surface area contributed by atoms with Gasteiger partial charge in [0.2, 0.25) is 0 Å². The topological polar surface area (TPSA) is 111 Å². The summed E-state index contributed by atoms with van der Waals surface area (Å²) >= 11 is 6.33. The zero-order chi connectivity index (χ0) is 24.0. The number of anilines is 1. The second-order valence-electron chi connectivity index (χ2n) is 9.42. The van der Waals surface area contributed by atoms with Crippen LogP contribution in [0.1, 0.15) is 42.0 Å². The first-order chi connectivity index (χ1) is 16.3. The number of nitrogens with zero attached hydrogens (tertiary/aromatic N) is 5. The number of amides is 1. The highest BCUT2D eigenvalue weighted by atomic mass is 35.5. The summed E-state index contributed by atoms with van der Waals surface area (Å²) in [7, 11) is 1.71. The van der Waals surface area contributed by atoms with Crippen molar-refractivity contribution in [3.05, 3.63) is 46.4 Å². The third-order valence-corrected chi connectivity index (χ3v) is 7.53. The van der Waals surface area contributed by atoms with Gasteiger partial charge in [-0.3, -0.25) is 4.79 Å². The van der Waals surface area contributed by atoms with Gasteiger partial charge in [-0.2, -0.15) is 0 Å². The fourth-order valence-electron chi connectivity index (χ4n) is 4.93. The molecule has 1 amide bonds. The van der Waals surface area contributed by atoms with E-state index in [4.69, 9.17) is 27.1 Å². The molecular formula is C24H30ClN7O2. The van der Waals surface area contributed by atoms with E-state index in [2.05, 4.69) is 26.5 Å². The number of pyridine rings is 1. The van der Waals surface area contributed by atoms with E-state index in [1.54, 1.807) is 13.2 Å². The van der Waals surface area contributed by atoms with Crippen molar-refractivity contribution >= 4 is 34.4 Å².